The number of nitrogens with zero attached hydrogens (tertiary/aromatic N) is 1. The number of benzene rings is 2. The van der Waals surface area contributed by atoms with Crippen molar-refractivity contribution in [1.29, 1.82) is 0 Å². The molecule has 1 N–H and O–H groups in total. The number of amides is 2. The van der Waals surface area contributed by atoms with Gasteiger partial charge in [-0.3, -0.25) is 14.4 Å². The van der Waals surface area contributed by atoms with Gasteiger partial charge in [0.05, 0.1) is 0 Å². The van der Waals surface area contributed by atoms with E-state index in [4.69, 9.17) is 0 Å². The summed E-state index contributed by atoms with van der Waals surface area (Å²) < 4.78 is 0. The fourth-order valence-corrected chi connectivity index (χ4v) is 2.65. The molecule has 1 fully saturated rings. The van der Waals surface area contributed by atoms with Crippen molar-refractivity contribution in [2.24, 2.45) is 5.92 Å². The smallest absolute Gasteiger partial charge is 0.253 e. The quantitative estimate of drug-likeness (QED) is 0.630. The lowest BCUT2D eigenvalue weighted by Gasteiger charge is -2.09. The van der Waals surface area contributed by atoms with E-state index in [9.17, 15) is 14.4 Å². The Hall–Kier alpha value is -3.21. The Balaban J connectivity index is 1.56. The van der Waals surface area contributed by atoms with Crippen LogP contribution in [-0.2, 0) is 4.79 Å². The number of anilines is 1. The number of hydrogen-bond donors (Lipinski definition) is 1. The van der Waals surface area contributed by atoms with Gasteiger partial charge in [-0.25, -0.2) is 0 Å². The van der Waals surface area contributed by atoms with Crippen molar-refractivity contribution in [3.63, 3.8) is 0 Å². The van der Waals surface area contributed by atoms with Gasteiger partial charge in [-0.15, -0.1) is 0 Å². The first-order chi connectivity index (χ1) is 12.9. The SMILES string of the molecule is CN(C)C(=O)c1ccc(/C=C/C(=O)Nc2ccc(C(=O)C3CC3)cc2)cc1. The highest BCUT2D eigenvalue weighted by Crippen LogP contribution is 2.32. The van der Waals surface area contributed by atoms with Crippen LogP contribution < -0.4 is 5.32 Å². The molecule has 0 aromatic heterocycles. The summed E-state index contributed by atoms with van der Waals surface area (Å²) in [5, 5.41) is 2.77. The maximum atomic E-state index is 12.1. The molecular weight excluding hydrogens is 340 g/mol. The summed E-state index contributed by atoms with van der Waals surface area (Å²) in [6, 6.07) is 14.0. The normalized spacial score (nSPS) is 13.4. The Morgan fingerprint density at radius 3 is 2.07 bits per heavy atom. The number of hydrogen-bond acceptors (Lipinski definition) is 3. The van der Waals surface area contributed by atoms with E-state index in [1.807, 2.05) is 0 Å². The maximum absolute atomic E-state index is 12.1. The molecule has 0 saturated heterocycles. The van der Waals surface area contributed by atoms with E-state index in [0.29, 0.717) is 16.8 Å². The van der Waals surface area contributed by atoms with E-state index in [-0.39, 0.29) is 23.5 Å². The first kappa shape index (κ1) is 18.6. The van der Waals surface area contributed by atoms with Gasteiger partial charge >= 0.3 is 0 Å². The fourth-order valence-electron chi connectivity index (χ4n) is 2.65. The molecule has 1 saturated carbocycles. The van der Waals surface area contributed by atoms with Crippen LogP contribution in [-0.4, -0.2) is 36.6 Å². The summed E-state index contributed by atoms with van der Waals surface area (Å²) in [4.78, 5) is 37.4. The minimum atomic E-state index is -0.260. The van der Waals surface area contributed by atoms with Crippen LogP contribution in [0.25, 0.3) is 6.08 Å². The summed E-state index contributed by atoms with van der Waals surface area (Å²) in [5.74, 6) is 0.0494. The summed E-state index contributed by atoms with van der Waals surface area (Å²) in [6.45, 7) is 0. The third-order valence-electron chi connectivity index (χ3n) is 4.38. The Morgan fingerprint density at radius 2 is 1.52 bits per heavy atom. The molecule has 2 aromatic rings. The minimum absolute atomic E-state index is 0.0631. The second-order valence-corrected chi connectivity index (χ2v) is 6.86. The average molecular weight is 362 g/mol. The molecule has 2 aromatic carbocycles. The number of Topliss-reactive ketones (excluding diaryl/α,β-unsaturated/α-hetero) is 1. The lowest BCUT2D eigenvalue weighted by molar-refractivity contribution is -0.111. The van der Waals surface area contributed by atoms with Crippen LogP contribution in [0.4, 0.5) is 5.69 Å². The molecule has 0 atom stereocenters. The van der Waals surface area contributed by atoms with Crippen LogP contribution in [0.1, 0.15) is 39.1 Å². The molecule has 0 heterocycles. The van der Waals surface area contributed by atoms with Gasteiger partial charge < -0.3 is 10.2 Å². The van der Waals surface area contributed by atoms with E-state index in [2.05, 4.69) is 5.32 Å². The predicted octanol–water partition coefficient (Wildman–Crippen LogP) is 3.63. The molecule has 0 spiro atoms. The molecule has 138 valence electrons. The molecule has 3 rings (SSSR count). The maximum Gasteiger partial charge on any atom is 0.253 e. The molecule has 0 bridgehead atoms. The highest BCUT2D eigenvalue weighted by atomic mass is 16.2. The van der Waals surface area contributed by atoms with Crippen LogP contribution in [0, 0.1) is 5.92 Å². The summed E-state index contributed by atoms with van der Waals surface area (Å²) >= 11 is 0. The Labute approximate surface area is 158 Å². The average Bonchev–Trinajstić information content (AvgIpc) is 3.51. The number of ketones is 1. The van der Waals surface area contributed by atoms with E-state index in [0.717, 1.165) is 18.4 Å². The van der Waals surface area contributed by atoms with Crippen LogP contribution in [0.3, 0.4) is 0 Å². The van der Waals surface area contributed by atoms with Crippen LogP contribution in [0.2, 0.25) is 0 Å². The van der Waals surface area contributed by atoms with Crippen molar-refractivity contribution in [1.82, 2.24) is 4.90 Å². The summed E-state index contributed by atoms with van der Waals surface area (Å²) in [6.07, 6.45) is 5.08. The van der Waals surface area contributed by atoms with Gasteiger partial charge in [-0.1, -0.05) is 12.1 Å². The van der Waals surface area contributed by atoms with Crippen molar-refractivity contribution in [3.8, 4) is 0 Å². The Morgan fingerprint density at radius 1 is 0.926 bits per heavy atom. The molecule has 1 aliphatic carbocycles. The van der Waals surface area contributed by atoms with Gasteiger partial charge in [0.15, 0.2) is 5.78 Å². The zero-order valence-electron chi connectivity index (χ0n) is 15.4. The molecule has 5 heteroatoms. The third-order valence-corrected chi connectivity index (χ3v) is 4.38. The van der Waals surface area contributed by atoms with Crippen molar-refractivity contribution in [2.45, 2.75) is 12.8 Å². The molecule has 0 aliphatic heterocycles. The van der Waals surface area contributed by atoms with E-state index >= 15 is 0 Å². The highest BCUT2D eigenvalue weighted by molar-refractivity contribution is 6.03. The summed E-state index contributed by atoms with van der Waals surface area (Å²) in [5.41, 5.74) is 2.76. The Kier molecular flexibility index (Phi) is 5.50. The number of rotatable bonds is 6. The zero-order chi connectivity index (χ0) is 19.4. The second kappa shape index (κ2) is 7.99. The standard InChI is InChI=1S/C22H22N2O3/c1-24(2)22(27)18-6-3-15(4-7-18)5-14-20(25)23-19-12-10-17(11-13-19)21(26)16-8-9-16/h3-7,10-14,16H,8-9H2,1-2H3,(H,23,25)/b14-5+. The van der Waals surface area contributed by atoms with Crippen LogP contribution >= 0.6 is 0 Å². The molecule has 1 aliphatic rings. The molecule has 5 nitrogen and oxygen atoms in total. The number of carbonyl (C=O) groups excluding carboxylic acids is 3. The predicted molar refractivity (Wildman–Crippen MR) is 106 cm³/mol. The molecule has 27 heavy (non-hydrogen) atoms. The molecule has 2 amide bonds. The van der Waals surface area contributed by atoms with Crippen molar-refractivity contribution in [3.05, 3.63) is 71.3 Å². The third kappa shape index (κ3) is 4.91. The van der Waals surface area contributed by atoms with Gasteiger partial charge in [-0.2, -0.15) is 0 Å². The minimum Gasteiger partial charge on any atom is -0.345 e. The second-order valence-electron chi connectivity index (χ2n) is 6.86. The van der Waals surface area contributed by atoms with Crippen LogP contribution in [0.15, 0.2) is 54.6 Å². The van der Waals surface area contributed by atoms with Gasteiger partial charge in [0.2, 0.25) is 5.91 Å². The number of carbonyl (C=O) groups is 3. The van der Waals surface area contributed by atoms with Gasteiger partial charge in [0, 0.05) is 42.9 Å². The fraction of sp³-hybridized carbons (Fsp3) is 0.227. The largest absolute Gasteiger partial charge is 0.345 e. The zero-order valence-corrected chi connectivity index (χ0v) is 15.4. The summed E-state index contributed by atoms with van der Waals surface area (Å²) in [7, 11) is 3.41. The lowest BCUT2D eigenvalue weighted by Crippen LogP contribution is -2.21. The van der Waals surface area contributed by atoms with Gasteiger partial charge in [0.25, 0.3) is 5.91 Å². The molecular formula is C22H22N2O3. The topological polar surface area (TPSA) is 66.5 Å². The van der Waals surface area contributed by atoms with E-state index in [1.165, 1.54) is 11.0 Å². The van der Waals surface area contributed by atoms with Crippen molar-refractivity contribution in [2.75, 3.05) is 19.4 Å². The molecule has 0 unspecified atom stereocenters. The van der Waals surface area contributed by atoms with E-state index < -0.39 is 0 Å². The van der Waals surface area contributed by atoms with Gasteiger partial charge in [0.1, 0.15) is 0 Å². The first-order valence-corrected chi connectivity index (χ1v) is 8.89. The Bertz CT molecular complexity index is 877. The number of nitrogens with one attached hydrogen (secondary N) is 1. The van der Waals surface area contributed by atoms with E-state index in [1.54, 1.807) is 68.7 Å². The highest BCUT2D eigenvalue weighted by Gasteiger charge is 2.30. The van der Waals surface area contributed by atoms with Crippen molar-refractivity contribution < 1.29 is 14.4 Å². The van der Waals surface area contributed by atoms with Gasteiger partial charge in [-0.05, 0) is 60.9 Å². The molecule has 0 radical (unpaired) electrons. The first-order valence-electron chi connectivity index (χ1n) is 8.89. The lowest BCUT2D eigenvalue weighted by atomic mass is 10.1. The van der Waals surface area contributed by atoms with Crippen molar-refractivity contribution >= 4 is 29.4 Å². The monoisotopic (exact) mass is 362 g/mol. The van der Waals surface area contributed by atoms with Crippen LogP contribution in [0.5, 0.6) is 0 Å².